The van der Waals surface area contributed by atoms with Crippen LogP contribution in [0, 0.1) is 0 Å². The van der Waals surface area contributed by atoms with E-state index in [2.05, 4.69) is 43.4 Å². The summed E-state index contributed by atoms with van der Waals surface area (Å²) in [5.41, 5.74) is 2.44. The average molecular weight is 488 g/mol. The molecule has 9 nitrogen and oxygen atoms in total. The molecule has 0 spiro atoms. The molecule has 36 heavy (non-hydrogen) atoms. The van der Waals surface area contributed by atoms with Crippen LogP contribution in [0.15, 0.2) is 53.6 Å². The molecule has 1 unspecified atom stereocenters. The van der Waals surface area contributed by atoms with Crippen LogP contribution in [0.4, 0.5) is 0 Å². The predicted molar refractivity (Wildman–Crippen MR) is 138 cm³/mol. The minimum absolute atomic E-state index is 0.0481. The van der Waals surface area contributed by atoms with Crippen molar-refractivity contribution in [1.82, 2.24) is 35.1 Å². The number of H-pyrrole nitrogens is 1. The third-order valence-corrected chi connectivity index (χ3v) is 7.18. The van der Waals surface area contributed by atoms with Crippen molar-refractivity contribution in [2.75, 3.05) is 7.11 Å². The molecule has 1 N–H and O–H groups in total. The number of benzene rings is 1. The van der Waals surface area contributed by atoms with Crippen LogP contribution < -0.4 is 10.3 Å². The van der Waals surface area contributed by atoms with Gasteiger partial charge in [-0.1, -0.05) is 32.3 Å². The van der Waals surface area contributed by atoms with Crippen LogP contribution in [0.2, 0.25) is 0 Å². The molecule has 1 atom stereocenters. The molecule has 0 radical (unpaired) electrons. The van der Waals surface area contributed by atoms with Gasteiger partial charge in [0.25, 0.3) is 5.56 Å². The average Bonchev–Trinajstić information content (AvgIpc) is 3.40. The third-order valence-electron chi connectivity index (χ3n) is 7.18. The lowest BCUT2D eigenvalue weighted by Gasteiger charge is -2.32. The highest BCUT2D eigenvalue weighted by Gasteiger charge is 2.29. The topological polar surface area (TPSA) is 102 Å². The Hall–Kier alpha value is -3.59. The third kappa shape index (κ3) is 5.16. The largest absolute Gasteiger partial charge is 0.497 e. The maximum Gasteiger partial charge on any atom is 0.252 e. The maximum absolute atomic E-state index is 13.2. The number of fused-ring (bicyclic) bond motifs is 1. The van der Waals surface area contributed by atoms with Crippen molar-refractivity contribution in [2.24, 2.45) is 0 Å². The van der Waals surface area contributed by atoms with Crippen LogP contribution in [-0.2, 0) is 13.1 Å². The van der Waals surface area contributed by atoms with Gasteiger partial charge in [-0.2, -0.15) is 0 Å². The van der Waals surface area contributed by atoms with Crippen LogP contribution in [-0.4, -0.2) is 42.2 Å². The fourth-order valence-corrected chi connectivity index (χ4v) is 5.30. The van der Waals surface area contributed by atoms with Gasteiger partial charge in [0.1, 0.15) is 5.75 Å². The molecule has 9 heteroatoms. The second kappa shape index (κ2) is 11.0. The summed E-state index contributed by atoms with van der Waals surface area (Å²) in [6.07, 6.45) is 10.4. The highest BCUT2D eigenvalue weighted by molar-refractivity contribution is 5.80. The molecule has 0 saturated heterocycles. The molecule has 1 aromatic carbocycles. The van der Waals surface area contributed by atoms with Gasteiger partial charge in [0.15, 0.2) is 5.82 Å². The highest BCUT2D eigenvalue weighted by atomic mass is 16.5. The van der Waals surface area contributed by atoms with Crippen molar-refractivity contribution in [3.63, 3.8) is 0 Å². The molecule has 188 valence electrons. The van der Waals surface area contributed by atoms with E-state index in [4.69, 9.17) is 4.74 Å². The Labute approximate surface area is 210 Å². The number of aromatic amines is 1. The van der Waals surface area contributed by atoms with E-state index in [1.165, 1.54) is 19.3 Å². The minimum atomic E-state index is -0.103. The highest BCUT2D eigenvalue weighted by Crippen LogP contribution is 2.32. The lowest BCUT2D eigenvalue weighted by atomic mass is 9.95. The summed E-state index contributed by atoms with van der Waals surface area (Å²) in [5, 5.41) is 14.0. The monoisotopic (exact) mass is 487 g/mol. The number of tetrazole rings is 1. The van der Waals surface area contributed by atoms with Crippen LogP contribution in [0.3, 0.4) is 0 Å². The maximum atomic E-state index is 13.2. The number of hydrogen-bond acceptors (Lipinski definition) is 7. The number of hydrogen-bond donors (Lipinski definition) is 1. The Morgan fingerprint density at radius 2 is 2.03 bits per heavy atom. The first-order valence-corrected chi connectivity index (χ1v) is 12.8. The van der Waals surface area contributed by atoms with Gasteiger partial charge in [-0.25, -0.2) is 4.68 Å². The number of rotatable bonds is 9. The Morgan fingerprint density at radius 1 is 1.17 bits per heavy atom. The molecule has 0 aliphatic heterocycles. The zero-order valence-corrected chi connectivity index (χ0v) is 20.9. The van der Waals surface area contributed by atoms with Crippen LogP contribution in [0.25, 0.3) is 10.9 Å². The number of nitrogens with one attached hydrogen (secondary N) is 1. The molecule has 0 bridgehead atoms. The van der Waals surface area contributed by atoms with Gasteiger partial charge in [-0.05, 0) is 64.9 Å². The molecular formula is C27H33N7O2. The number of ether oxygens (including phenoxy) is 1. The molecule has 5 rings (SSSR count). The number of methoxy groups -OCH3 is 1. The summed E-state index contributed by atoms with van der Waals surface area (Å²) < 4.78 is 7.36. The molecule has 1 fully saturated rings. The summed E-state index contributed by atoms with van der Waals surface area (Å²) in [6, 6.07) is 12.0. The molecule has 3 heterocycles. The van der Waals surface area contributed by atoms with Gasteiger partial charge >= 0.3 is 0 Å². The summed E-state index contributed by atoms with van der Waals surface area (Å²) in [4.78, 5) is 22.8. The summed E-state index contributed by atoms with van der Waals surface area (Å²) >= 11 is 0. The van der Waals surface area contributed by atoms with Crippen LogP contribution in [0.5, 0.6) is 5.75 Å². The second-order valence-corrected chi connectivity index (χ2v) is 9.54. The van der Waals surface area contributed by atoms with Gasteiger partial charge in [-0.3, -0.25) is 14.7 Å². The molecule has 4 aromatic rings. The van der Waals surface area contributed by atoms with E-state index in [0.717, 1.165) is 41.6 Å². The summed E-state index contributed by atoms with van der Waals surface area (Å²) in [5.74, 6) is 1.58. The van der Waals surface area contributed by atoms with Crippen molar-refractivity contribution in [2.45, 2.75) is 70.6 Å². The zero-order chi connectivity index (χ0) is 24.9. The fraction of sp³-hybridized carbons (Fsp3) is 0.444. The summed E-state index contributed by atoms with van der Waals surface area (Å²) in [6.45, 7) is 3.24. The lowest BCUT2D eigenvalue weighted by Crippen LogP contribution is -2.33. The second-order valence-electron chi connectivity index (χ2n) is 9.54. The van der Waals surface area contributed by atoms with E-state index in [9.17, 15) is 4.79 Å². The van der Waals surface area contributed by atoms with E-state index in [0.29, 0.717) is 30.4 Å². The Balaban J connectivity index is 1.51. The zero-order valence-electron chi connectivity index (χ0n) is 20.9. The first-order valence-electron chi connectivity index (χ1n) is 12.8. The molecule has 1 saturated carbocycles. The van der Waals surface area contributed by atoms with E-state index < -0.39 is 0 Å². The molecular weight excluding hydrogens is 454 g/mol. The Morgan fingerprint density at radius 3 is 2.78 bits per heavy atom. The van der Waals surface area contributed by atoms with Gasteiger partial charge in [-0.15, -0.1) is 5.10 Å². The van der Waals surface area contributed by atoms with Crippen molar-refractivity contribution in [3.05, 3.63) is 76.1 Å². The first kappa shape index (κ1) is 24.1. The van der Waals surface area contributed by atoms with Gasteiger partial charge in [0.05, 0.1) is 24.7 Å². The van der Waals surface area contributed by atoms with Gasteiger partial charge in [0, 0.05) is 37.1 Å². The Bertz CT molecular complexity index is 1350. The number of pyridine rings is 2. The van der Waals surface area contributed by atoms with Gasteiger partial charge < -0.3 is 9.72 Å². The minimum Gasteiger partial charge on any atom is -0.497 e. The molecule has 1 aliphatic carbocycles. The number of nitrogens with zero attached hydrogens (tertiary/aromatic N) is 6. The van der Waals surface area contributed by atoms with E-state index in [-0.39, 0.29) is 11.6 Å². The normalized spacial score (nSPS) is 15.4. The first-order chi connectivity index (χ1) is 17.7. The number of aromatic nitrogens is 6. The SMILES string of the molecule is CCC(c1nnnn1C1CCCCC1)N(Cc1cccnc1)Cc1cc2ccc(OC)cc2[nH]c1=O. The standard InChI is InChI=1S/C27H33N7O2/c1-3-25(26-30-31-32-34(26)22-9-5-4-6-10-22)33(17-19-8-7-13-28-16-19)18-21-14-20-11-12-23(36-2)15-24(20)29-27(21)35/h7-8,11-16,22,25H,3-6,9-10,17-18H2,1-2H3,(H,29,35). The van der Waals surface area contributed by atoms with Gasteiger partial charge in [0.2, 0.25) is 0 Å². The predicted octanol–water partition coefficient (Wildman–Crippen LogP) is 4.58. The smallest absolute Gasteiger partial charge is 0.252 e. The van der Waals surface area contributed by atoms with Crippen molar-refractivity contribution in [1.29, 1.82) is 0 Å². The molecule has 3 aromatic heterocycles. The summed E-state index contributed by atoms with van der Waals surface area (Å²) in [7, 11) is 1.62. The Kier molecular flexibility index (Phi) is 7.36. The van der Waals surface area contributed by atoms with E-state index in [1.54, 1.807) is 13.3 Å². The van der Waals surface area contributed by atoms with Crippen molar-refractivity contribution in [3.8, 4) is 5.75 Å². The quantitative estimate of drug-likeness (QED) is 0.369. The van der Waals surface area contributed by atoms with E-state index >= 15 is 0 Å². The fourth-order valence-electron chi connectivity index (χ4n) is 5.30. The van der Waals surface area contributed by atoms with E-state index in [1.807, 2.05) is 41.2 Å². The molecule has 1 aliphatic rings. The van der Waals surface area contributed by atoms with Crippen LogP contribution >= 0.6 is 0 Å². The van der Waals surface area contributed by atoms with Crippen LogP contribution in [0.1, 0.15) is 74.5 Å². The van der Waals surface area contributed by atoms with Crippen molar-refractivity contribution >= 4 is 10.9 Å². The molecule has 0 amide bonds. The van der Waals surface area contributed by atoms with Crippen molar-refractivity contribution < 1.29 is 4.74 Å². The lowest BCUT2D eigenvalue weighted by molar-refractivity contribution is 0.155.